The third kappa shape index (κ3) is 1.68. The predicted octanol–water partition coefficient (Wildman–Crippen LogP) is 2.74. The maximum absolute atomic E-state index is 13.1. The zero-order valence-corrected chi connectivity index (χ0v) is 8.27. The number of carbonyl (C=O) groups excluding carboxylic acids is 1. The number of rotatable bonds is 2. The molecule has 0 aliphatic carbocycles. The Labute approximate surface area is 87.0 Å². The molecule has 0 saturated heterocycles. The Morgan fingerprint density at radius 2 is 2.13 bits per heavy atom. The van der Waals surface area contributed by atoms with Crippen LogP contribution in [0.3, 0.4) is 0 Å². The van der Waals surface area contributed by atoms with Crippen LogP contribution in [0.1, 0.15) is 16.1 Å². The van der Waals surface area contributed by atoms with Gasteiger partial charge in [0.1, 0.15) is 5.82 Å². The first kappa shape index (κ1) is 9.65. The fourth-order valence-corrected chi connectivity index (χ4v) is 1.55. The van der Waals surface area contributed by atoms with E-state index in [4.69, 9.17) is 0 Å². The molecule has 0 fully saturated rings. The van der Waals surface area contributed by atoms with E-state index in [-0.39, 0.29) is 5.82 Å². The van der Waals surface area contributed by atoms with Gasteiger partial charge in [0, 0.05) is 6.20 Å². The summed E-state index contributed by atoms with van der Waals surface area (Å²) in [5.74, 6) is -0.304. The summed E-state index contributed by atoms with van der Waals surface area (Å²) in [6.07, 6.45) is 2.50. The molecule has 2 rings (SSSR count). The van der Waals surface area contributed by atoms with E-state index in [0.29, 0.717) is 11.4 Å². The summed E-state index contributed by atoms with van der Waals surface area (Å²) < 4.78 is 14.7. The lowest BCUT2D eigenvalue weighted by Gasteiger charge is -2.08. The molecule has 1 heterocycles. The molecule has 0 aliphatic rings. The van der Waals surface area contributed by atoms with Crippen LogP contribution in [0.15, 0.2) is 36.5 Å². The van der Waals surface area contributed by atoms with Gasteiger partial charge in [-0.25, -0.2) is 4.39 Å². The molecule has 3 heteroatoms. The lowest BCUT2D eigenvalue weighted by atomic mass is 10.2. The third-order valence-electron chi connectivity index (χ3n) is 2.33. The van der Waals surface area contributed by atoms with E-state index >= 15 is 0 Å². The van der Waals surface area contributed by atoms with Crippen LogP contribution < -0.4 is 0 Å². The van der Waals surface area contributed by atoms with Crippen molar-refractivity contribution in [3.63, 3.8) is 0 Å². The average Bonchev–Trinajstić information content (AvgIpc) is 2.69. The monoisotopic (exact) mass is 203 g/mol. The van der Waals surface area contributed by atoms with Crippen LogP contribution in [0, 0.1) is 12.7 Å². The summed E-state index contributed by atoms with van der Waals surface area (Å²) in [7, 11) is 0. The van der Waals surface area contributed by atoms with Gasteiger partial charge in [-0.15, -0.1) is 0 Å². The first-order valence-corrected chi connectivity index (χ1v) is 4.61. The lowest BCUT2D eigenvalue weighted by Crippen LogP contribution is -2.00. The molecule has 0 spiro atoms. The zero-order chi connectivity index (χ0) is 10.8. The number of aromatic nitrogens is 1. The highest BCUT2D eigenvalue weighted by atomic mass is 19.1. The van der Waals surface area contributed by atoms with Crippen molar-refractivity contribution in [3.8, 4) is 5.69 Å². The lowest BCUT2D eigenvalue weighted by molar-refractivity contribution is 0.111. The van der Waals surface area contributed by atoms with E-state index in [2.05, 4.69) is 0 Å². The number of aldehydes is 1. The van der Waals surface area contributed by atoms with Gasteiger partial charge in [-0.2, -0.15) is 0 Å². The molecule has 2 nitrogen and oxygen atoms in total. The van der Waals surface area contributed by atoms with Gasteiger partial charge in [-0.1, -0.05) is 6.07 Å². The number of nitrogens with zero attached hydrogens (tertiary/aromatic N) is 1. The number of hydrogen-bond donors (Lipinski definition) is 0. The zero-order valence-electron chi connectivity index (χ0n) is 8.27. The van der Waals surface area contributed by atoms with Gasteiger partial charge in [0.15, 0.2) is 6.29 Å². The van der Waals surface area contributed by atoms with Gasteiger partial charge >= 0.3 is 0 Å². The maximum Gasteiger partial charge on any atom is 0.166 e. The van der Waals surface area contributed by atoms with E-state index in [1.807, 2.05) is 6.92 Å². The summed E-state index contributed by atoms with van der Waals surface area (Å²) in [6, 6.07) is 7.97. The van der Waals surface area contributed by atoms with Gasteiger partial charge < -0.3 is 4.57 Å². The van der Waals surface area contributed by atoms with Crippen LogP contribution in [0.2, 0.25) is 0 Å². The van der Waals surface area contributed by atoms with E-state index in [0.717, 1.165) is 11.8 Å². The largest absolute Gasteiger partial charge is 0.314 e. The molecular weight excluding hydrogens is 193 g/mol. The highest BCUT2D eigenvalue weighted by molar-refractivity contribution is 5.74. The Bertz CT molecular complexity index is 502. The number of halogens is 1. The molecule has 0 N–H and O–H groups in total. The quantitative estimate of drug-likeness (QED) is 0.688. The SMILES string of the molecule is Cc1ccc(F)cc1-n1cccc1C=O. The summed E-state index contributed by atoms with van der Waals surface area (Å²) in [5.41, 5.74) is 2.14. The topological polar surface area (TPSA) is 22.0 Å². The van der Waals surface area contributed by atoms with Crippen molar-refractivity contribution in [2.75, 3.05) is 0 Å². The van der Waals surface area contributed by atoms with Crippen LogP contribution in [0.5, 0.6) is 0 Å². The van der Waals surface area contributed by atoms with Crippen molar-refractivity contribution >= 4 is 6.29 Å². The standard InChI is InChI=1S/C12H10FNO/c1-9-4-5-10(13)7-12(9)14-6-2-3-11(14)8-15/h2-8H,1H3. The van der Waals surface area contributed by atoms with Crippen molar-refractivity contribution in [3.05, 3.63) is 53.6 Å². The molecule has 0 radical (unpaired) electrons. The van der Waals surface area contributed by atoms with E-state index in [1.54, 1.807) is 29.0 Å². The second-order valence-electron chi connectivity index (χ2n) is 3.35. The van der Waals surface area contributed by atoms with Crippen molar-refractivity contribution in [1.29, 1.82) is 0 Å². The number of hydrogen-bond acceptors (Lipinski definition) is 1. The third-order valence-corrected chi connectivity index (χ3v) is 2.33. The number of carbonyl (C=O) groups is 1. The Kier molecular flexibility index (Phi) is 2.37. The fourth-order valence-electron chi connectivity index (χ4n) is 1.55. The van der Waals surface area contributed by atoms with Crippen LogP contribution in [0.25, 0.3) is 5.69 Å². The van der Waals surface area contributed by atoms with Crippen molar-refractivity contribution in [2.45, 2.75) is 6.92 Å². The van der Waals surface area contributed by atoms with Crippen LogP contribution in [-0.2, 0) is 0 Å². The van der Waals surface area contributed by atoms with Crippen molar-refractivity contribution < 1.29 is 9.18 Å². The Hall–Kier alpha value is -1.90. The molecule has 0 atom stereocenters. The Morgan fingerprint density at radius 1 is 1.33 bits per heavy atom. The molecule has 0 aliphatic heterocycles. The van der Waals surface area contributed by atoms with Gasteiger partial charge in [0.2, 0.25) is 0 Å². The van der Waals surface area contributed by atoms with Crippen molar-refractivity contribution in [1.82, 2.24) is 4.57 Å². The molecule has 0 unspecified atom stereocenters. The molecule has 1 aromatic carbocycles. The summed E-state index contributed by atoms with van der Waals surface area (Å²) in [5, 5.41) is 0. The van der Waals surface area contributed by atoms with Gasteiger partial charge in [0.25, 0.3) is 0 Å². The minimum atomic E-state index is -0.304. The summed E-state index contributed by atoms with van der Waals surface area (Å²) in [4.78, 5) is 10.7. The molecular formula is C12H10FNO. The Morgan fingerprint density at radius 3 is 2.87 bits per heavy atom. The smallest absolute Gasteiger partial charge is 0.166 e. The van der Waals surface area contributed by atoms with E-state index in [1.165, 1.54) is 12.1 Å². The van der Waals surface area contributed by atoms with Crippen LogP contribution >= 0.6 is 0 Å². The number of aryl methyl sites for hydroxylation is 1. The molecule has 2 aromatic rings. The predicted molar refractivity (Wildman–Crippen MR) is 55.9 cm³/mol. The number of benzene rings is 1. The maximum atomic E-state index is 13.1. The fraction of sp³-hybridized carbons (Fsp3) is 0.0833. The van der Waals surface area contributed by atoms with Crippen LogP contribution in [-0.4, -0.2) is 10.9 Å². The Balaban J connectivity index is 2.62. The van der Waals surface area contributed by atoms with Gasteiger partial charge in [0.05, 0.1) is 11.4 Å². The first-order chi connectivity index (χ1) is 7.22. The molecule has 15 heavy (non-hydrogen) atoms. The molecule has 0 saturated carbocycles. The molecule has 0 amide bonds. The van der Waals surface area contributed by atoms with Gasteiger partial charge in [-0.3, -0.25) is 4.79 Å². The minimum Gasteiger partial charge on any atom is -0.314 e. The highest BCUT2D eigenvalue weighted by Gasteiger charge is 2.05. The van der Waals surface area contributed by atoms with Gasteiger partial charge in [-0.05, 0) is 36.8 Å². The highest BCUT2D eigenvalue weighted by Crippen LogP contribution is 2.17. The molecule has 0 bridgehead atoms. The second kappa shape index (κ2) is 3.69. The molecule has 1 aromatic heterocycles. The van der Waals surface area contributed by atoms with E-state index < -0.39 is 0 Å². The van der Waals surface area contributed by atoms with Crippen molar-refractivity contribution in [2.24, 2.45) is 0 Å². The van der Waals surface area contributed by atoms with E-state index in [9.17, 15) is 9.18 Å². The minimum absolute atomic E-state index is 0.304. The summed E-state index contributed by atoms with van der Waals surface area (Å²) in [6.45, 7) is 1.88. The normalized spacial score (nSPS) is 10.3. The average molecular weight is 203 g/mol. The second-order valence-corrected chi connectivity index (χ2v) is 3.35. The first-order valence-electron chi connectivity index (χ1n) is 4.61. The summed E-state index contributed by atoms with van der Waals surface area (Å²) >= 11 is 0. The molecule has 76 valence electrons. The van der Waals surface area contributed by atoms with Crippen LogP contribution in [0.4, 0.5) is 4.39 Å².